The van der Waals surface area contributed by atoms with Crippen molar-refractivity contribution in [3.05, 3.63) is 63.1 Å². The van der Waals surface area contributed by atoms with Crippen molar-refractivity contribution in [3.8, 4) is 5.75 Å². The van der Waals surface area contributed by atoms with E-state index in [0.29, 0.717) is 17.2 Å². The highest BCUT2D eigenvalue weighted by atomic mass is 35.5. The number of halogens is 2. The van der Waals surface area contributed by atoms with Gasteiger partial charge in [0.1, 0.15) is 5.57 Å². The van der Waals surface area contributed by atoms with Gasteiger partial charge in [-0.1, -0.05) is 49.2 Å². The molecular formula is C20H16Cl2N2O4. The SMILES string of the molecule is CC(C)c1ccc(N2C(=O)NC(=O)/C(=C\c3cc(Cl)c(O)c(Cl)c3)C2=O)cc1. The van der Waals surface area contributed by atoms with E-state index in [4.69, 9.17) is 23.2 Å². The average Bonchev–Trinajstić information content (AvgIpc) is 2.63. The van der Waals surface area contributed by atoms with Gasteiger partial charge in [0.25, 0.3) is 11.8 Å². The van der Waals surface area contributed by atoms with E-state index in [1.165, 1.54) is 18.2 Å². The van der Waals surface area contributed by atoms with Gasteiger partial charge in [-0.2, -0.15) is 0 Å². The number of phenolic OH excluding ortho intramolecular Hbond substituents is 1. The molecule has 1 aliphatic heterocycles. The molecule has 0 unspecified atom stereocenters. The molecule has 0 aliphatic carbocycles. The van der Waals surface area contributed by atoms with Crippen LogP contribution in [0.2, 0.25) is 10.0 Å². The minimum atomic E-state index is -0.828. The number of benzene rings is 2. The van der Waals surface area contributed by atoms with Crippen molar-refractivity contribution < 1.29 is 19.5 Å². The molecule has 6 nitrogen and oxygen atoms in total. The number of nitrogens with zero attached hydrogens (tertiary/aromatic N) is 1. The van der Waals surface area contributed by atoms with E-state index in [2.05, 4.69) is 5.32 Å². The third-order valence-electron chi connectivity index (χ3n) is 4.27. The summed E-state index contributed by atoms with van der Waals surface area (Å²) in [6.07, 6.45) is 1.26. The van der Waals surface area contributed by atoms with E-state index < -0.39 is 17.8 Å². The van der Waals surface area contributed by atoms with Crippen LogP contribution >= 0.6 is 23.2 Å². The quantitative estimate of drug-likeness (QED) is 0.567. The molecule has 0 spiro atoms. The highest BCUT2D eigenvalue weighted by molar-refractivity contribution is 6.40. The molecule has 3 rings (SSSR count). The van der Waals surface area contributed by atoms with Crippen LogP contribution in [0, 0.1) is 0 Å². The van der Waals surface area contributed by atoms with Gasteiger partial charge in [-0.15, -0.1) is 0 Å². The second-order valence-corrected chi connectivity index (χ2v) is 7.35. The van der Waals surface area contributed by atoms with Crippen molar-refractivity contribution in [2.75, 3.05) is 4.90 Å². The summed E-state index contributed by atoms with van der Waals surface area (Å²) in [5.74, 6) is -1.61. The second-order valence-electron chi connectivity index (χ2n) is 6.54. The lowest BCUT2D eigenvalue weighted by Crippen LogP contribution is -2.54. The number of anilines is 1. The molecule has 4 amide bonds. The summed E-state index contributed by atoms with van der Waals surface area (Å²) in [4.78, 5) is 38.2. The van der Waals surface area contributed by atoms with Crippen LogP contribution in [-0.4, -0.2) is 23.0 Å². The first-order chi connectivity index (χ1) is 13.2. The number of imide groups is 2. The van der Waals surface area contributed by atoms with Gasteiger partial charge in [0.05, 0.1) is 15.7 Å². The highest BCUT2D eigenvalue weighted by Crippen LogP contribution is 2.34. The van der Waals surface area contributed by atoms with Gasteiger partial charge in [0, 0.05) is 0 Å². The summed E-state index contributed by atoms with van der Waals surface area (Å²) in [6, 6.07) is 8.82. The molecular weight excluding hydrogens is 403 g/mol. The van der Waals surface area contributed by atoms with Gasteiger partial charge in [-0.05, 0) is 47.4 Å². The van der Waals surface area contributed by atoms with Crippen LogP contribution in [0.1, 0.15) is 30.9 Å². The molecule has 144 valence electrons. The van der Waals surface area contributed by atoms with Crippen molar-refractivity contribution in [1.29, 1.82) is 0 Å². The number of nitrogens with one attached hydrogen (secondary N) is 1. The van der Waals surface area contributed by atoms with Crippen LogP contribution in [0.4, 0.5) is 10.5 Å². The molecule has 1 heterocycles. The van der Waals surface area contributed by atoms with Crippen molar-refractivity contribution in [3.63, 3.8) is 0 Å². The summed E-state index contributed by atoms with van der Waals surface area (Å²) >= 11 is 11.8. The van der Waals surface area contributed by atoms with Gasteiger partial charge in [-0.25, -0.2) is 9.69 Å². The minimum Gasteiger partial charge on any atom is -0.505 e. The van der Waals surface area contributed by atoms with Crippen molar-refractivity contribution in [1.82, 2.24) is 5.32 Å². The normalized spacial score (nSPS) is 16.1. The Morgan fingerprint density at radius 1 is 1.04 bits per heavy atom. The van der Waals surface area contributed by atoms with Crippen molar-refractivity contribution >= 4 is 52.8 Å². The number of amides is 4. The summed E-state index contributed by atoms with van der Waals surface area (Å²) in [5.41, 5.74) is 1.46. The number of phenols is 1. The standard InChI is InChI=1S/C20H16Cl2N2O4/c1-10(2)12-3-5-13(6-4-12)24-19(27)14(18(26)23-20(24)28)7-11-8-15(21)17(25)16(22)9-11/h3-10,25H,1-2H3,(H,23,26,28)/b14-7+. The van der Waals surface area contributed by atoms with Crippen LogP contribution in [0.25, 0.3) is 6.08 Å². The Hall–Kier alpha value is -2.83. The molecule has 2 aromatic rings. The highest BCUT2D eigenvalue weighted by Gasteiger charge is 2.36. The molecule has 8 heteroatoms. The molecule has 2 N–H and O–H groups in total. The number of carbonyl (C=O) groups is 3. The number of rotatable bonds is 3. The van der Waals surface area contributed by atoms with Crippen LogP contribution in [0.5, 0.6) is 5.75 Å². The molecule has 0 radical (unpaired) electrons. The number of urea groups is 1. The third kappa shape index (κ3) is 3.74. The number of barbiturate groups is 1. The zero-order valence-electron chi connectivity index (χ0n) is 15.0. The van der Waals surface area contributed by atoms with Gasteiger partial charge in [-0.3, -0.25) is 14.9 Å². The molecule has 0 bridgehead atoms. The first kappa shape index (κ1) is 19.9. The number of hydrogen-bond donors (Lipinski definition) is 2. The summed E-state index contributed by atoms with van der Waals surface area (Å²) in [6.45, 7) is 4.06. The fraction of sp³-hybridized carbons (Fsp3) is 0.150. The lowest BCUT2D eigenvalue weighted by molar-refractivity contribution is -0.122. The Morgan fingerprint density at radius 2 is 1.61 bits per heavy atom. The van der Waals surface area contributed by atoms with Gasteiger partial charge >= 0.3 is 6.03 Å². The van der Waals surface area contributed by atoms with Crippen LogP contribution in [0.3, 0.4) is 0 Å². The van der Waals surface area contributed by atoms with Gasteiger partial charge in [0.15, 0.2) is 5.75 Å². The minimum absolute atomic E-state index is 0.0276. The van der Waals surface area contributed by atoms with Crippen molar-refractivity contribution in [2.24, 2.45) is 0 Å². The largest absolute Gasteiger partial charge is 0.505 e. The lowest BCUT2D eigenvalue weighted by Gasteiger charge is -2.26. The van der Waals surface area contributed by atoms with E-state index in [9.17, 15) is 19.5 Å². The predicted octanol–water partition coefficient (Wildman–Crippen LogP) is 4.49. The number of aromatic hydroxyl groups is 1. The zero-order chi connectivity index (χ0) is 20.6. The van der Waals surface area contributed by atoms with E-state index in [0.717, 1.165) is 10.5 Å². The molecule has 28 heavy (non-hydrogen) atoms. The Bertz CT molecular complexity index is 990. The zero-order valence-corrected chi connectivity index (χ0v) is 16.5. The van der Waals surface area contributed by atoms with E-state index >= 15 is 0 Å². The average molecular weight is 419 g/mol. The first-order valence-electron chi connectivity index (χ1n) is 8.38. The number of carbonyl (C=O) groups excluding carboxylic acids is 3. The molecule has 2 aromatic carbocycles. The predicted molar refractivity (Wildman–Crippen MR) is 108 cm³/mol. The Kier molecular flexibility index (Phi) is 5.45. The molecule has 0 saturated carbocycles. The van der Waals surface area contributed by atoms with Crippen LogP contribution < -0.4 is 10.2 Å². The third-order valence-corrected chi connectivity index (χ3v) is 4.85. The van der Waals surface area contributed by atoms with Crippen LogP contribution in [-0.2, 0) is 9.59 Å². The Balaban J connectivity index is 2.00. The molecule has 1 fully saturated rings. The molecule has 1 aliphatic rings. The van der Waals surface area contributed by atoms with E-state index in [-0.39, 0.29) is 21.4 Å². The fourth-order valence-corrected chi connectivity index (χ4v) is 3.24. The Labute approximate surface area is 171 Å². The second kappa shape index (κ2) is 7.66. The molecule has 1 saturated heterocycles. The van der Waals surface area contributed by atoms with Gasteiger partial charge in [0.2, 0.25) is 0 Å². The molecule has 0 aromatic heterocycles. The topological polar surface area (TPSA) is 86.7 Å². The Morgan fingerprint density at radius 3 is 2.14 bits per heavy atom. The summed E-state index contributed by atoms with van der Waals surface area (Å²) in [7, 11) is 0. The first-order valence-corrected chi connectivity index (χ1v) is 9.14. The fourth-order valence-electron chi connectivity index (χ4n) is 2.74. The number of hydrogen-bond acceptors (Lipinski definition) is 4. The maximum Gasteiger partial charge on any atom is 0.335 e. The van der Waals surface area contributed by atoms with Crippen LogP contribution in [0.15, 0.2) is 42.0 Å². The summed E-state index contributed by atoms with van der Waals surface area (Å²) < 4.78 is 0. The smallest absolute Gasteiger partial charge is 0.335 e. The maximum atomic E-state index is 12.9. The van der Waals surface area contributed by atoms with E-state index in [1.54, 1.807) is 12.1 Å². The lowest BCUT2D eigenvalue weighted by atomic mass is 10.0. The summed E-state index contributed by atoms with van der Waals surface area (Å²) in [5, 5.41) is 11.7. The van der Waals surface area contributed by atoms with E-state index in [1.807, 2.05) is 26.0 Å². The monoisotopic (exact) mass is 418 g/mol. The maximum absolute atomic E-state index is 12.9. The van der Waals surface area contributed by atoms with Gasteiger partial charge < -0.3 is 5.11 Å². The molecule has 0 atom stereocenters. The van der Waals surface area contributed by atoms with Crippen molar-refractivity contribution in [2.45, 2.75) is 19.8 Å².